The van der Waals surface area contributed by atoms with E-state index in [0.717, 1.165) is 0 Å². The van der Waals surface area contributed by atoms with Crippen LogP contribution in [0.25, 0.3) is 0 Å². The standard InChI is InChI=1S/CH3NO.2Mo.S2/c2-1-3;;;1-2/h1H,(H2,2,3);;;/q;;;-2. The van der Waals surface area contributed by atoms with Crippen LogP contribution in [0.15, 0.2) is 0 Å². The molecule has 0 rings (SSSR count). The monoisotopic (exact) mass is 305 g/mol. The van der Waals surface area contributed by atoms with Gasteiger partial charge in [-0.2, -0.15) is 0 Å². The summed E-state index contributed by atoms with van der Waals surface area (Å²) >= 11 is 7.33. The van der Waals surface area contributed by atoms with Crippen LogP contribution in [0.3, 0.4) is 0 Å². The van der Waals surface area contributed by atoms with Crippen molar-refractivity contribution < 1.29 is 46.9 Å². The first-order valence-electron chi connectivity index (χ1n) is 0.736. The predicted octanol–water partition coefficient (Wildman–Crippen LogP) is -0.908. The van der Waals surface area contributed by atoms with Crippen molar-refractivity contribution in [3.8, 4) is 0 Å². The van der Waals surface area contributed by atoms with Crippen molar-refractivity contribution in [1.82, 2.24) is 0 Å². The molecule has 2 N–H and O–H groups in total. The van der Waals surface area contributed by atoms with Crippen molar-refractivity contribution in [3.05, 3.63) is 0 Å². The number of amides is 1. The Hall–Kier alpha value is 1.55. The summed E-state index contributed by atoms with van der Waals surface area (Å²) in [6.07, 6.45) is 0.250. The Balaban J connectivity index is -0.0000000105. The van der Waals surface area contributed by atoms with Crippen LogP contribution >= 0.6 is 0 Å². The summed E-state index contributed by atoms with van der Waals surface area (Å²) in [5, 5.41) is 0. The van der Waals surface area contributed by atoms with Crippen LogP contribution in [0.5, 0.6) is 0 Å². The third-order valence-electron chi connectivity index (χ3n) is 0. The zero-order valence-corrected chi connectivity index (χ0v) is 8.84. The number of carbonyl (C=O) groups excluding carboxylic acids is 1. The molecule has 0 saturated carbocycles. The fourth-order valence-corrected chi connectivity index (χ4v) is 0. The van der Waals surface area contributed by atoms with E-state index in [9.17, 15) is 0 Å². The van der Waals surface area contributed by atoms with Gasteiger partial charge in [-0.25, -0.2) is 0 Å². The molecule has 0 aromatic rings. The summed E-state index contributed by atoms with van der Waals surface area (Å²) in [5.74, 6) is 0. The van der Waals surface area contributed by atoms with Crippen LogP contribution in [-0.2, 0) is 70.2 Å². The molecule has 7 heavy (non-hydrogen) atoms. The van der Waals surface area contributed by atoms with E-state index in [4.69, 9.17) is 4.79 Å². The summed E-state index contributed by atoms with van der Waals surface area (Å²) in [5.41, 5.74) is 4.17. The molecule has 44 valence electrons. The smallest absolute Gasteiger partial charge is 0.204 e. The van der Waals surface area contributed by atoms with Crippen molar-refractivity contribution in [2.24, 2.45) is 5.73 Å². The van der Waals surface area contributed by atoms with E-state index in [-0.39, 0.29) is 48.5 Å². The van der Waals surface area contributed by atoms with Crippen molar-refractivity contribution in [2.45, 2.75) is 0 Å². The van der Waals surface area contributed by atoms with Crippen LogP contribution in [0.1, 0.15) is 0 Å². The van der Waals surface area contributed by atoms with Gasteiger partial charge >= 0.3 is 0 Å². The van der Waals surface area contributed by atoms with Gasteiger partial charge < -0.3 is 29.1 Å². The number of hydrogen-bond donors (Lipinski definition) is 1. The van der Waals surface area contributed by atoms with Crippen LogP contribution in [0.2, 0.25) is 0 Å². The van der Waals surface area contributed by atoms with Gasteiger partial charge in [-0.1, -0.05) is 0 Å². The number of rotatable bonds is 0. The molecule has 0 aliphatic heterocycles. The van der Waals surface area contributed by atoms with Crippen molar-refractivity contribution >= 4 is 29.7 Å². The van der Waals surface area contributed by atoms with Crippen LogP contribution in [0.4, 0.5) is 0 Å². The molecule has 0 saturated heterocycles. The Bertz CT molecular complexity index is 23.2. The average molecular weight is 301 g/mol. The van der Waals surface area contributed by atoms with Gasteiger partial charge in [0.1, 0.15) is 0 Å². The first-order chi connectivity index (χ1) is 2.41. The first-order valence-corrected chi connectivity index (χ1v) is 2.07. The van der Waals surface area contributed by atoms with Gasteiger partial charge in [0.25, 0.3) is 0 Å². The maximum atomic E-state index is 8.58. The molecule has 0 aliphatic rings. The molecule has 0 aromatic carbocycles. The maximum Gasteiger partial charge on any atom is 0.204 e. The van der Waals surface area contributed by atoms with Gasteiger partial charge in [-0.3, -0.25) is 4.79 Å². The minimum Gasteiger partial charge on any atom is -1.00 e. The van der Waals surface area contributed by atoms with Gasteiger partial charge in [0.15, 0.2) is 0 Å². The minimum absolute atomic E-state index is 0. The first kappa shape index (κ1) is 23.5. The van der Waals surface area contributed by atoms with E-state index in [1.807, 2.05) is 0 Å². The quantitative estimate of drug-likeness (QED) is 0.273. The molecule has 6 heteroatoms. The Morgan fingerprint density at radius 1 is 1.29 bits per heavy atom. The summed E-state index contributed by atoms with van der Waals surface area (Å²) in [6.45, 7) is 0. The van der Waals surface area contributed by atoms with Gasteiger partial charge in [0.2, 0.25) is 6.41 Å². The maximum absolute atomic E-state index is 8.58. The van der Waals surface area contributed by atoms with E-state index in [2.05, 4.69) is 29.1 Å². The number of hydrogen-bond acceptors (Lipinski definition) is 3. The molecule has 0 heterocycles. The largest absolute Gasteiger partial charge is 1.00 e. The summed E-state index contributed by atoms with van der Waals surface area (Å²) in [6, 6.07) is 0. The second kappa shape index (κ2) is 49.9. The van der Waals surface area contributed by atoms with Gasteiger partial charge in [0.05, 0.1) is 0 Å². The predicted molar refractivity (Wildman–Crippen MR) is 25.0 cm³/mol. The molecule has 2 nitrogen and oxygen atoms in total. The van der Waals surface area contributed by atoms with Gasteiger partial charge in [-0.05, 0) is 0 Å². The molecule has 0 fully saturated rings. The van der Waals surface area contributed by atoms with Gasteiger partial charge in [-0.15, -0.1) is 0 Å². The molecule has 0 aliphatic carbocycles. The van der Waals surface area contributed by atoms with E-state index in [1.165, 1.54) is 0 Å². The second-order valence-electron chi connectivity index (χ2n) is 0.136. The second-order valence-corrected chi connectivity index (χ2v) is 0.136. The summed E-state index contributed by atoms with van der Waals surface area (Å²) in [4.78, 5) is 8.58. The Morgan fingerprint density at radius 2 is 1.29 bits per heavy atom. The zero-order chi connectivity index (χ0) is 4.71. The minimum atomic E-state index is 0. The Kier molecular flexibility index (Phi) is 168. The van der Waals surface area contributed by atoms with Crippen LogP contribution in [-0.4, -0.2) is 6.41 Å². The van der Waals surface area contributed by atoms with Gasteiger partial charge in [0, 0.05) is 42.1 Å². The molecule has 1 amide bonds. The average Bonchev–Trinajstić information content (AvgIpc) is 1.46. The topological polar surface area (TPSA) is 43.1 Å². The van der Waals surface area contributed by atoms with Crippen molar-refractivity contribution in [2.75, 3.05) is 0 Å². The molecular formula is CH3Mo2NOS2-2. The molecule has 0 aromatic heterocycles. The fraction of sp³-hybridized carbons (Fsp3) is 0. The molecule has 0 unspecified atom stereocenters. The zero-order valence-electron chi connectivity index (χ0n) is 3.20. The third-order valence-corrected chi connectivity index (χ3v) is 0. The SMILES string of the molecule is NC=O.[Mo].[Mo].[S-][S-]. The molecular weight excluding hydrogens is 298 g/mol. The third kappa shape index (κ3) is 97.1. The van der Waals surface area contributed by atoms with Crippen molar-refractivity contribution in [3.63, 3.8) is 0 Å². The summed E-state index contributed by atoms with van der Waals surface area (Å²) < 4.78 is 0. The number of nitrogens with two attached hydrogens (primary N) is 1. The number of primary amides is 1. The molecule has 0 radical (unpaired) electrons. The normalized spacial score (nSPS) is 2.57. The van der Waals surface area contributed by atoms with E-state index >= 15 is 0 Å². The summed E-state index contributed by atoms with van der Waals surface area (Å²) in [7, 11) is 0. The molecule has 0 spiro atoms. The Morgan fingerprint density at radius 3 is 1.29 bits per heavy atom. The van der Waals surface area contributed by atoms with Crippen molar-refractivity contribution in [1.29, 1.82) is 0 Å². The van der Waals surface area contributed by atoms with Crippen LogP contribution < -0.4 is 5.73 Å². The molecule has 0 bridgehead atoms. The fourth-order valence-electron chi connectivity index (χ4n) is 0. The molecule has 0 atom stereocenters. The van der Waals surface area contributed by atoms with E-state index < -0.39 is 0 Å². The van der Waals surface area contributed by atoms with E-state index in [1.54, 1.807) is 0 Å². The Labute approximate surface area is 81.7 Å². The number of carbonyl (C=O) groups is 1. The van der Waals surface area contributed by atoms with Crippen LogP contribution in [0, 0.1) is 0 Å². The van der Waals surface area contributed by atoms with E-state index in [0.29, 0.717) is 0 Å².